The summed E-state index contributed by atoms with van der Waals surface area (Å²) in [6, 6.07) is 5.70. The van der Waals surface area contributed by atoms with Gasteiger partial charge in [0.25, 0.3) is 0 Å². The topological polar surface area (TPSA) is 51.0 Å². The zero-order valence-corrected chi connectivity index (χ0v) is 11.3. The Morgan fingerprint density at radius 2 is 2.25 bits per heavy atom. The van der Waals surface area contributed by atoms with E-state index in [0.717, 1.165) is 12.0 Å². The number of hydrogen-bond acceptors (Lipinski definition) is 4. The van der Waals surface area contributed by atoms with E-state index in [1.165, 1.54) is 25.0 Å². The third kappa shape index (κ3) is 1.85. The van der Waals surface area contributed by atoms with Crippen molar-refractivity contribution >= 4 is 0 Å². The van der Waals surface area contributed by atoms with Crippen LogP contribution in [0.4, 0.5) is 4.39 Å². The van der Waals surface area contributed by atoms with Crippen molar-refractivity contribution in [3.63, 3.8) is 0 Å². The Labute approximate surface area is 116 Å². The van der Waals surface area contributed by atoms with Gasteiger partial charge in [-0.2, -0.15) is 4.98 Å². The predicted octanol–water partition coefficient (Wildman–Crippen LogP) is 2.79. The molecule has 3 heterocycles. The standard InChI is InChI=1S/C15H16FN3O/c1-8-2-3-9(16)6-11(8)14-18-15(20-19-14)12-7-10-4-5-13(12)17-10/h2-3,6,10,12-13,17H,4-5,7H2,1H3. The Morgan fingerprint density at radius 1 is 1.35 bits per heavy atom. The Hall–Kier alpha value is -1.75. The molecule has 2 aliphatic rings. The normalized spacial score (nSPS) is 28.2. The van der Waals surface area contributed by atoms with Gasteiger partial charge in [0.05, 0.1) is 5.92 Å². The van der Waals surface area contributed by atoms with E-state index < -0.39 is 0 Å². The number of nitrogens with zero attached hydrogens (tertiary/aromatic N) is 2. The van der Waals surface area contributed by atoms with Crippen molar-refractivity contribution in [2.24, 2.45) is 0 Å². The van der Waals surface area contributed by atoms with Crippen LogP contribution in [0.25, 0.3) is 11.4 Å². The Kier molecular flexibility index (Phi) is 2.63. The molecule has 0 amide bonds. The first-order valence-electron chi connectivity index (χ1n) is 7.07. The minimum atomic E-state index is -0.279. The van der Waals surface area contributed by atoms with Crippen LogP contribution in [-0.2, 0) is 0 Å². The second kappa shape index (κ2) is 4.38. The molecule has 1 aromatic heterocycles. The van der Waals surface area contributed by atoms with Crippen molar-refractivity contribution in [1.29, 1.82) is 0 Å². The molecule has 3 atom stereocenters. The van der Waals surface area contributed by atoms with Gasteiger partial charge in [-0.15, -0.1) is 0 Å². The van der Waals surface area contributed by atoms with E-state index in [2.05, 4.69) is 15.5 Å². The van der Waals surface area contributed by atoms with Crippen molar-refractivity contribution in [1.82, 2.24) is 15.5 Å². The lowest BCUT2D eigenvalue weighted by Crippen LogP contribution is -2.21. The molecule has 104 valence electrons. The molecule has 2 bridgehead atoms. The second-order valence-electron chi connectivity index (χ2n) is 5.81. The first kappa shape index (κ1) is 12.0. The molecule has 20 heavy (non-hydrogen) atoms. The number of fused-ring (bicyclic) bond motifs is 2. The number of aromatic nitrogens is 2. The van der Waals surface area contributed by atoms with E-state index in [1.807, 2.05) is 6.92 Å². The molecular formula is C15H16FN3O. The Balaban J connectivity index is 1.66. The van der Waals surface area contributed by atoms with Gasteiger partial charge >= 0.3 is 0 Å². The molecule has 1 N–H and O–H groups in total. The minimum Gasteiger partial charge on any atom is -0.339 e. The van der Waals surface area contributed by atoms with Crippen LogP contribution in [0.2, 0.25) is 0 Å². The maximum Gasteiger partial charge on any atom is 0.231 e. The third-order valence-electron chi connectivity index (χ3n) is 4.50. The predicted molar refractivity (Wildman–Crippen MR) is 71.7 cm³/mol. The van der Waals surface area contributed by atoms with E-state index in [1.54, 1.807) is 6.07 Å². The third-order valence-corrected chi connectivity index (χ3v) is 4.50. The SMILES string of the molecule is Cc1ccc(F)cc1-c1noc(C2CC3CCC2N3)n1. The van der Waals surface area contributed by atoms with Crippen LogP contribution in [0.5, 0.6) is 0 Å². The summed E-state index contributed by atoms with van der Waals surface area (Å²) < 4.78 is 18.8. The van der Waals surface area contributed by atoms with Gasteiger partial charge in [0.2, 0.25) is 11.7 Å². The molecule has 5 heteroatoms. The highest BCUT2D eigenvalue weighted by molar-refractivity contribution is 5.59. The first-order chi connectivity index (χ1) is 9.70. The smallest absolute Gasteiger partial charge is 0.231 e. The maximum absolute atomic E-state index is 13.4. The molecular weight excluding hydrogens is 257 g/mol. The summed E-state index contributed by atoms with van der Waals surface area (Å²) in [4.78, 5) is 4.50. The average Bonchev–Trinajstić information content (AvgIpc) is 3.15. The largest absolute Gasteiger partial charge is 0.339 e. The highest BCUT2D eigenvalue weighted by Gasteiger charge is 2.42. The molecule has 0 saturated carbocycles. The zero-order valence-electron chi connectivity index (χ0n) is 11.3. The number of benzene rings is 1. The highest BCUT2D eigenvalue weighted by Crippen LogP contribution is 2.39. The van der Waals surface area contributed by atoms with Crippen molar-refractivity contribution in [2.75, 3.05) is 0 Å². The minimum absolute atomic E-state index is 0.279. The maximum atomic E-state index is 13.4. The second-order valence-corrected chi connectivity index (χ2v) is 5.81. The van der Waals surface area contributed by atoms with Gasteiger partial charge in [-0.3, -0.25) is 0 Å². The average molecular weight is 273 g/mol. The van der Waals surface area contributed by atoms with Gasteiger partial charge in [-0.1, -0.05) is 11.2 Å². The van der Waals surface area contributed by atoms with Crippen LogP contribution in [0.3, 0.4) is 0 Å². The van der Waals surface area contributed by atoms with E-state index in [9.17, 15) is 4.39 Å². The summed E-state index contributed by atoms with van der Waals surface area (Å²) in [5.74, 6) is 1.20. The summed E-state index contributed by atoms with van der Waals surface area (Å²) >= 11 is 0. The van der Waals surface area contributed by atoms with Crippen molar-refractivity contribution < 1.29 is 8.91 Å². The number of halogens is 1. The van der Waals surface area contributed by atoms with E-state index in [4.69, 9.17) is 4.52 Å². The molecule has 2 saturated heterocycles. The molecule has 1 aromatic carbocycles. The highest BCUT2D eigenvalue weighted by atomic mass is 19.1. The van der Waals surface area contributed by atoms with Crippen LogP contribution in [0, 0.1) is 12.7 Å². The number of rotatable bonds is 2. The van der Waals surface area contributed by atoms with Crippen LogP contribution in [0.1, 0.15) is 36.6 Å². The van der Waals surface area contributed by atoms with Gasteiger partial charge in [-0.25, -0.2) is 4.39 Å². The lowest BCUT2D eigenvalue weighted by Gasteiger charge is -2.15. The van der Waals surface area contributed by atoms with Gasteiger partial charge in [0, 0.05) is 17.6 Å². The Bertz CT molecular complexity index is 654. The molecule has 2 aromatic rings. The first-order valence-corrected chi connectivity index (χ1v) is 7.07. The number of hydrogen-bond donors (Lipinski definition) is 1. The molecule has 0 aliphatic carbocycles. The molecule has 2 aliphatic heterocycles. The summed E-state index contributed by atoms with van der Waals surface area (Å²) in [6.45, 7) is 1.92. The van der Waals surface area contributed by atoms with E-state index in [0.29, 0.717) is 35.3 Å². The van der Waals surface area contributed by atoms with Crippen LogP contribution in [0.15, 0.2) is 22.7 Å². The molecule has 4 nitrogen and oxygen atoms in total. The summed E-state index contributed by atoms with van der Waals surface area (Å²) in [6.07, 6.45) is 3.48. The summed E-state index contributed by atoms with van der Waals surface area (Å²) in [5, 5.41) is 7.59. The molecule has 3 unspecified atom stereocenters. The Morgan fingerprint density at radius 3 is 3.00 bits per heavy atom. The fourth-order valence-corrected chi connectivity index (χ4v) is 3.43. The van der Waals surface area contributed by atoms with E-state index in [-0.39, 0.29) is 5.82 Å². The number of aryl methyl sites for hydroxylation is 1. The summed E-state index contributed by atoms with van der Waals surface area (Å²) in [5.41, 5.74) is 1.65. The van der Waals surface area contributed by atoms with Crippen molar-refractivity contribution in [3.8, 4) is 11.4 Å². The molecule has 2 fully saturated rings. The van der Waals surface area contributed by atoms with Gasteiger partial charge in [0.15, 0.2) is 0 Å². The van der Waals surface area contributed by atoms with Crippen LogP contribution < -0.4 is 5.32 Å². The zero-order chi connectivity index (χ0) is 13.7. The lowest BCUT2D eigenvalue weighted by molar-refractivity contribution is 0.329. The van der Waals surface area contributed by atoms with Crippen LogP contribution >= 0.6 is 0 Å². The molecule has 0 radical (unpaired) electrons. The quantitative estimate of drug-likeness (QED) is 0.914. The van der Waals surface area contributed by atoms with Gasteiger partial charge < -0.3 is 9.84 Å². The van der Waals surface area contributed by atoms with Crippen LogP contribution in [-0.4, -0.2) is 22.2 Å². The van der Waals surface area contributed by atoms with Gasteiger partial charge in [-0.05, 0) is 43.9 Å². The lowest BCUT2D eigenvalue weighted by atomic mass is 9.89. The molecule has 4 rings (SSSR count). The van der Waals surface area contributed by atoms with Crippen molar-refractivity contribution in [3.05, 3.63) is 35.5 Å². The fraction of sp³-hybridized carbons (Fsp3) is 0.467. The van der Waals surface area contributed by atoms with Crippen molar-refractivity contribution in [2.45, 2.75) is 44.2 Å². The van der Waals surface area contributed by atoms with Gasteiger partial charge in [0.1, 0.15) is 5.82 Å². The van der Waals surface area contributed by atoms with E-state index >= 15 is 0 Å². The monoisotopic (exact) mass is 273 g/mol. The molecule has 0 spiro atoms. The summed E-state index contributed by atoms with van der Waals surface area (Å²) in [7, 11) is 0. The fourth-order valence-electron chi connectivity index (χ4n) is 3.43. The number of nitrogens with one attached hydrogen (secondary N) is 1.